The predicted octanol–water partition coefficient (Wildman–Crippen LogP) is 3.28. The molecule has 3 aromatic rings. The normalized spacial score (nSPS) is 10.8. The Morgan fingerprint density at radius 1 is 1.24 bits per heavy atom. The van der Waals surface area contributed by atoms with Crippen molar-refractivity contribution < 1.29 is 8.91 Å². The Labute approximate surface area is 125 Å². The van der Waals surface area contributed by atoms with Gasteiger partial charge in [0, 0.05) is 24.9 Å². The summed E-state index contributed by atoms with van der Waals surface area (Å²) in [4.78, 5) is 10.7. The highest BCUT2D eigenvalue weighted by Gasteiger charge is 2.12. The first-order chi connectivity index (χ1) is 10.1. The van der Waals surface area contributed by atoms with Gasteiger partial charge in [-0.3, -0.25) is 0 Å². The number of aryl methyl sites for hydroxylation is 1. The monoisotopic (exact) mass is 304 g/mol. The van der Waals surface area contributed by atoms with Crippen molar-refractivity contribution in [1.29, 1.82) is 0 Å². The van der Waals surface area contributed by atoms with E-state index < -0.39 is 0 Å². The molecule has 0 amide bonds. The van der Waals surface area contributed by atoms with Gasteiger partial charge in [-0.1, -0.05) is 5.16 Å². The van der Waals surface area contributed by atoms with Crippen molar-refractivity contribution in [1.82, 2.24) is 15.1 Å². The number of hydrogen-bond donors (Lipinski definition) is 0. The third kappa shape index (κ3) is 3.08. The van der Waals surface area contributed by atoms with E-state index in [1.54, 1.807) is 19.1 Å². The molecule has 2 heterocycles. The zero-order chi connectivity index (χ0) is 14.8. The van der Waals surface area contributed by atoms with Crippen LogP contribution in [0.4, 0.5) is 9.52 Å². The van der Waals surface area contributed by atoms with Crippen molar-refractivity contribution >= 4 is 16.5 Å². The molecule has 108 valence electrons. The summed E-state index contributed by atoms with van der Waals surface area (Å²) >= 11 is 1.52. The first kappa shape index (κ1) is 13.7. The number of thiazole rings is 1. The second kappa shape index (κ2) is 5.61. The van der Waals surface area contributed by atoms with E-state index in [0.717, 1.165) is 16.4 Å². The van der Waals surface area contributed by atoms with E-state index in [1.165, 1.54) is 23.5 Å². The van der Waals surface area contributed by atoms with Crippen molar-refractivity contribution in [3.05, 3.63) is 47.2 Å². The molecule has 0 N–H and O–H groups in total. The van der Waals surface area contributed by atoms with Crippen molar-refractivity contribution in [2.45, 2.75) is 13.5 Å². The number of halogens is 1. The molecule has 0 spiro atoms. The number of hydrogen-bond acceptors (Lipinski definition) is 6. The van der Waals surface area contributed by atoms with Gasteiger partial charge in [0.1, 0.15) is 5.82 Å². The number of benzene rings is 1. The van der Waals surface area contributed by atoms with Gasteiger partial charge in [0.2, 0.25) is 5.89 Å². The molecule has 5 nitrogen and oxygen atoms in total. The van der Waals surface area contributed by atoms with Gasteiger partial charge >= 0.3 is 0 Å². The maximum Gasteiger partial charge on any atom is 0.223 e. The molecular weight excluding hydrogens is 291 g/mol. The Balaban J connectivity index is 1.76. The Hall–Kier alpha value is -2.28. The molecule has 0 aliphatic rings. The summed E-state index contributed by atoms with van der Waals surface area (Å²) in [7, 11) is 1.92. The standard InChI is InChI=1S/C14H13FN4OS/c1-9-16-13(18-20-9)7-19(2)14-17-12(8-21-14)10-3-5-11(15)6-4-10/h3-6,8H,7H2,1-2H3. The van der Waals surface area contributed by atoms with Crippen LogP contribution < -0.4 is 4.90 Å². The Morgan fingerprint density at radius 3 is 2.67 bits per heavy atom. The van der Waals surface area contributed by atoms with Gasteiger partial charge in [0.25, 0.3) is 0 Å². The average molecular weight is 304 g/mol. The van der Waals surface area contributed by atoms with Gasteiger partial charge in [-0.2, -0.15) is 4.98 Å². The predicted molar refractivity (Wildman–Crippen MR) is 78.7 cm³/mol. The van der Waals surface area contributed by atoms with Crippen molar-refractivity contribution in [2.75, 3.05) is 11.9 Å². The Morgan fingerprint density at radius 2 is 2.00 bits per heavy atom. The summed E-state index contributed by atoms with van der Waals surface area (Å²) in [5.74, 6) is 0.914. The number of nitrogens with zero attached hydrogens (tertiary/aromatic N) is 4. The fourth-order valence-electron chi connectivity index (χ4n) is 1.88. The zero-order valence-corrected chi connectivity index (χ0v) is 12.4. The highest BCUT2D eigenvalue weighted by molar-refractivity contribution is 7.14. The third-order valence-electron chi connectivity index (χ3n) is 2.91. The van der Waals surface area contributed by atoms with Crippen molar-refractivity contribution in [3.8, 4) is 11.3 Å². The maximum atomic E-state index is 12.9. The van der Waals surface area contributed by atoms with Crippen molar-refractivity contribution in [2.24, 2.45) is 0 Å². The van der Waals surface area contributed by atoms with Crippen molar-refractivity contribution in [3.63, 3.8) is 0 Å². The topological polar surface area (TPSA) is 55.1 Å². The second-order valence-electron chi connectivity index (χ2n) is 4.61. The van der Waals surface area contributed by atoms with Crippen LogP contribution in [-0.4, -0.2) is 22.2 Å². The largest absolute Gasteiger partial charge is 0.343 e. The molecule has 3 rings (SSSR count). The van der Waals surface area contributed by atoms with Crippen LogP contribution >= 0.6 is 11.3 Å². The molecule has 0 aliphatic carbocycles. The first-order valence-corrected chi connectivity index (χ1v) is 7.21. The Kier molecular flexibility index (Phi) is 3.66. The summed E-state index contributed by atoms with van der Waals surface area (Å²) in [6, 6.07) is 6.30. The van der Waals surface area contributed by atoms with Crippen LogP contribution in [0, 0.1) is 12.7 Å². The first-order valence-electron chi connectivity index (χ1n) is 6.33. The van der Waals surface area contributed by atoms with E-state index in [9.17, 15) is 4.39 Å². The molecule has 21 heavy (non-hydrogen) atoms. The molecule has 0 saturated heterocycles. The summed E-state index contributed by atoms with van der Waals surface area (Å²) in [5, 5.41) is 6.65. The van der Waals surface area contributed by atoms with Gasteiger partial charge in [0.05, 0.1) is 12.2 Å². The molecule has 0 saturated carbocycles. The van der Waals surface area contributed by atoms with E-state index >= 15 is 0 Å². The molecule has 0 aliphatic heterocycles. The van der Waals surface area contributed by atoms with Gasteiger partial charge < -0.3 is 9.42 Å². The number of anilines is 1. The summed E-state index contributed by atoms with van der Waals surface area (Å²) in [6.07, 6.45) is 0. The number of rotatable bonds is 4. The van der Waals surface area contributed by atoms with Crippen LogP contribution in [0.1, 0.15) is 11.7 Å². The smallest absolute Gasteiger partial charge is 0.223 e. The fourth-order valence-corrected chi connectivity index (χ4v) is 2.68. The number of aromatic nitrogens is 3. The van der Waals surface area contributed by atoms with E-state index in [-0.39, 0.29) is 5.82 Å². The maximum absolute atomic E-state index is 12.9. The molecule has 0 radical (unpaired) electrons. The lowest BCUT2D eigenvalue weighted by Crippen LogP contribution is -2.17. The summed E-state index contributed by atoms with van der Waals surface area (Å²) < 4.78 is 17.9. The van der Waals surface area contributed by atoms with Gasteiger partial charge in [-0.15, -0.1) is 11.3 Å². The van der Waals surface area contributed by atoms with Crippen LogP contribution in [-0.2, 0) is 6.54 Å². The van der Waals surface area contributed by atoms with Crippen LogP contribution in [0.5, 0.6) is 0 Å². The van der Waals surface area contributed by atoms with Gasteiger partial charge in [-0.25, -0.2) is 9.37 Å². The van der Waals surface area contributed by atoms with Gasteiger partial charge in [-0.05, 0) is 24.3 Å². The lowest BCUT2D eigenvalue weighted by Gasteiger charge is -2.12. The lowest BCUT2D eigenvalue weighted by molar-refractivity contribution is 0.387. The second-order valence-corrected chi connectivity index (χ2v) is 5.44. The highest BCUT2D eigenvalue weighted by Crippen LogP contribution is 2.27. The van der Waals surface area contributed by atoms with Crippen LogP contribution in [0.25, 0.3) is 11.3 Å². The summed E-state index contributed by atoms with van der Waals surface area (Å²) in [6.45, 7) is 2.28. The fraction of sp³-hybridized carbons (Fsp3) is 0.214. The molecule has 0 bridgehead atoms. The van der Waals surface area contributed by atoms with E-state index in [2.05, 4.69) is 15.1 Å². The molecule has 0 atom stereocenters. The van der Waals surface area contributed by atoms with Crippen LogP contribution in [0.2, 0.25) is 0 Å². The lowest BCUT2D eigenvalue weighted by atomic mass is 10.2. The SMILES string of the molecule is Cc1nc(CN(C)c2nc(-c3ccc(F)cc3)cs2)no1. The van der Waals surface area contributed by atoms with E-state index in [4.69, 9.17) is 4.52 Å². The highest BCUT2D eigenvalue weighted by atomic mass is 32.1. The third-order valence-corrected chi connectivity index (χ3v) is 3.86. The zero-order valence-electron chi connectivity index (χ0n) is 11.6. The molecule has 2 aromatic heterocycles. The minimum absolute atomic E-state index is 0.251. The van der Waals surface area contributed by atoms with Gasteiger partial charge in [0.15, 0.2) is 11.0 Å². The molecular formula is C14H13FN4OS. The minimum Gasteiger partial charge on any atom is -0.343 e. The molecule has 0 fully saturated rings. The average Bonchev–Trinajstić information content (AvgIpc) is 3.09. The molecule has 1 aromatic carbocycles. The summed E-state index contributed by atoms with van der Waals surface area (Å²) in [5.41, 5.74) is 1.72. The molecule has 7 heteroatoms. The van der Waals surface area contributed by atoms with Crippen LogP contribution in [0.15, 0.2) is 34.2 Å². The van der Waals surface area contributed by atoms with E-state index in [1.807, 2.05) is 17.3 Å². The molecule has 0 unspecified atom stereocenters. The van der Waals surface area contributed by atoms with E-state index in [0.29, 0.717) is 18.3 Å². The minimum atomic E-state index is -0.251. The Bertz CT molecular complexity index is 738. The quantitative estimate of drug-likeness (QED) is 0.740. The van der Waals surface area contributed by atoms with Crippen LogP contribution in [0.3, 0.4) is 0 Å².